The van der Waals surface area contributed by atoms with Crippen LogP contribution in [-0.4, -0.2) is 52.6 Å². The lowest BCUT2D eigenvalue weighted by Gasteiger charge is -2.42. The number of aryl methyl sites for hydroxylation is 1. The third-order valence-corrected chi connectivity index (χ3v) is 5.28. The number of β-amino-alcohol motifs (C(OH)–C–C–N with tert-alkyl or cyclic N) is 1. The van der Waals surface area contributed by atoms with Crippen LogP contribution in [0, 0.1) is 13.8 Å². The molecule has 0 unspecified atom stereocenters. The van der Waals surface area contributed by atoms with E-state index < -0.39 is 21.6 Å². The third kappa shape index (κ3) is 2.15. The fraction of sp³-hybridized carbons (Fsp3) is 0.545. The van der Waals surface area contributed by atoms with Gasteiger partial charge in [-0.05, 0) is 20.8 Å². The summed E-state index contributed by atoms with van der Waals surface area (Å²) < 4.78 is 25.9. The Hall–Kier alpha value is -1.38. The molecule has 1 aromatic heterocycles. The molecule has 0 saturated carbocycles. The quantitative estimate of drug-likeness (QED) is 0.729. The maximum Gasteiger partial charge on any atom is 0.352 e. The predicted molar refractivity (Wildman–Crippen MR) is 66.6 cm³/mol. The van der Waals surface area contributed by atoms with Gasteiger partial charge in [-0.1, -0.05) is 0 Å². The van der Waals surface area contributed by atoms with Gasteiger partial charge >= 0.3 is 5.97 Å². The molecule has 3 N–H and O–H groups in total. The monoisotopic (exact) mass is 288 g/mol. The molecule has 8 heteroatoms. The van der Waals surface area contributed by atoms with Crippen molar-refractivity contribution in [2.75, 3.05) is 13.1 Å². The number of hydrogen-bond acceptors (Lipinski definition) is 4. The third-order valence-electron chi connectivity index (χ3n) is 3.21. The minimum atomic E-state index is -3.77. The van der Waals surface area contributed by atoms with Gasteiger partial charge in [-0.25, -0.2) is 13.2 Å². The second-order valence-corrected chi connectivity index (χ2v) is 7.03. The molecule has 1 aliphatic rings. The Balaban J connectivity index is 2.45. The van der Waals surface area contributed by atoms with E-state index in [-0.39, 0.29) is 29.2 Å². The largest absolute Gasteiger partial charge is 0.477 e. The van der Waals surface area contributed by atoms with Crippen LogP contribution in [0.1, 0.15) is 28.7 Å². The molecular weight excluding hydrogens is 272 g/mol. The van der Waals surface area contributed by atoms with Gasteiger partial charge < -0.3 is 15.2 Å². The van der Waals surface area contributed by atoms with Crippen LogP contribution in [0.15, 0.2) is 4.90 Å². The molecule has 106 valence electrons. The van der Waals surface area contributed by atoms with E-state index in [1.54, 1.807) is 6.92 Å². The van der Waals surface area contributed by atoms with E-state index in [1.165, 1.54) is 13.8 Å². The summed E-state index contributed by atoms with van der Waals surface area (Å²) in [6.45, 7) is 4.56. The highest BCUT2D eigenvalue weighted by molar-refractivity contribution is 7.89. The molecule has 0 aliphatic carbocycles. The van der Waals surface area contributed by atoms with Gasteiger partial charge in [-0.3, -0.25) is 0 Å². The van der Waals surface area contributed by atoms with Crippen LogP contribution in [-0.2, 0) is 10.0 Å². The fourth-order valence-corrected chi connectivity index (χ4v) is 4.43. The fourth-order valence-electron chi connectivity index (χ4n) is 2.35. The van der Waals surface area contributed by atoms with Crippen molar-refractivity contribution in [3.05, 3.63) is 17.0 Å². The second kappa shape index (κ2) is 4.06. The van der Waals surface area contributed by atoms with E-state index in [1.807, 2.05) is 0 Å². The van der Waals surface area contributed by atoms with Crippen LogP contribution in [0.5, 0.6) is 0 Å². The topological polar surface area (TPSA) is 111 Å². The highest BCUT2D eigenvalue weighted by Gasteiger charge is 2.45. The lowest BCUT2D eigenvalue weighted by Crippen LogP contribution is -2.61. The first-order chi connectivity index (χ1) is 8.56. The zero-order valence-electron chi connectivity index (χ0n) is 10.9. The van der Waals surface area contributed by atoms with Gasteiger partial charge in [-0.2, -0.15) is 4.31 Å². The molecule has 1 fully saturated rings. The van der Waals surface area contributed by atoms with Crippen LogP contribution in [0.4, 0.5) is 0 Å². The van der Waals surface area contributed by atoms with Crippen molar-refractivity contribution >= 4 is 16.0 Å². The molecule has 0 radical (unpaired) electrons. The molecule has 0 bridgehead atoms. The number of aromatic amines is 1. The smallest absolute Gasteiger partial charge is 0.352 e. The first-order valence-electron chi connectivity index (χ1n) is 5.71. The van der Waals surface area contributed by atoms with Gasteiger partial charge in [-0.15, -0.1) is 0 Å². The number of aromatic nitrogens is 1. The lowest BCUT2D eigenvalue weighted by molar-refractivity contribution is -0.0426. The first kappa shape index (κ1) is 14.0. The van der Waals surface area contributed by atoms with Crippen molar-refractivity contribution in [3.8, 4) is 0 Å². The van der Waals surface area contributed by atoms with E-state index in [4.69, 9.17) is 5.11 Å². The Morgan fingerprint density at radius 3 is 2.26 bits per heavy atom. The van der Waals surface area contributed by atoms with Gasteiger partial charge in [0.2, 0.25) is 10.0 Å². The second-order valence-electron chi connectivity index (χ2n) is 5.15. The van der Waals surface area contributed by atoms with Crippen molar-refractivity contribution in [2.24, 2.45) is 0 Å². The SMILES string of the molecule is Cc1[nH]c(C(=O)O)c(C)c1S(=O)(=O)N1CC(C)(O)C1. The molecule has 1 saturated heterocycles. The minimum Gasteiger partial charge on any atom is -0.477 e. The summed E-state index contributed by atoms with van der Waals surface area (Å²) in [5.74, 6) is -1.20. The maximum absolute atomic E-state index is 12.4. The van der Waals surface area contributed by atoms with Crippen LogP contribution in [0.3, 0.4) is 0 Å². The molecule has 1 aliphatic heterocycles. The normalized spacial score (nSPS) is 19.2. The maximum atomic E-state index is 12.4. The summed E-state index contributed by atoms with van der Waals surface area (Å²) in [6, 6.07) is 0. The number of nitrogens with zero attached hydrogens (tertiary/aromatic N) is 1. The van der Waals surface area contributed by atoms with Crippen LogP contribution < -0.4 is 0 Å². The number of H-pyrrole nitrogens is 1. The summed E-state index contributed by atoms with van der Waals surface area (Å²) in [7, 11) is -3.77. The van der Waals surface area contributed by atoms with Gasteiger partial charge in [0, 0.05) is 24.3 Å². The van der Waals surface area contributed by atoms with Crippen molar-refractivity contribution in [3.63, 3.8) is 0 Å². The molecule has 0 atom stereocenters. The van der Waals surface area contributed by atoms with E-state index in [0.717, 1.165) is 4.31 Å². The van der Waals surface area contributed by atoms with Crippen molar-refractivity contribution in [1.29, 1.82) is 0 Å². The molecule has 0 amide bonds. The van der Waals surface area contributed by atoms with Gasteiger partial charge in [0.15, 0.2) is 0 Å². The number of sulfonamides is 1. The highest BCUT2D eigenvalue weighted by atomic mass is 32.2. The van der Waals surface area contributed by atoms with Gasteiger partial charge in [0.1, 0.15) is 10.6 Å². The van der Waals surface area contributed by atoms with Crippen molar-refractivity contribution in [1.82, 2.24) is 9.29 Å². The number of nitrogens with one attached hydrogen (secondary N) is 1. The van der Waals surface area contributed by atoms with E-state index in [9.17, 15) is 18.3 Å². The molecule has 1 aromatic rings. The minimum absolute atomic E-state index is 0.0135. The summed E-state index contributed by atoms with van der Waals surface area (Å²) in [4.78, 5) is 13.6. The molecule has 7 nitrogen and oxygen atoms in total. The zero-order valence-corrected chi connectivity index (χ0v) is 11.7. The summed E-state index contributed by atoms with van der Waals surface area (Å²) in [5.41, 5.74) is -0.651. The molecule has 2 rings (SSSR count). The Kier molecular flexibility index (Phi) is 3.00. The highest BCUT2D eigenvalue weighted by Crippen LogP contribution is 2.32. The Morgan fingerprint density at radius 1 is 1.37 bits per heavy atom. The summed E-state index contributed by atoms with van der Waals surface area (Å²) in [5, 5.41) is 18.6. The van der Waals surface area contributed by atoms with Crippen LogP contribution in [0.25, 0.3) is 0 Å². The number of aromatic carboxylic acids is 1. The Bertz CT molecular complexity index is 636. The number of carboxylic acid groups (broad SMARTS) is 1. The predicted octanol–water partition coefficient (Wildman–Crippen LogP) is 0.0850. The van der Waals surface area contributed by atoms with Crippen LogP contribution >= 0.6 is 0 Å². The number of carboxylic acids is 1. The van der Waals surface area contributed by atoms with Crippen molar-refractivity contribution < 1.29 is 23.4 Å². The average molecular weight is 288 g/mol. The standard InChI is InChI=1S/C11H16N2O5S/c1-6-8(10(14)15)12-7(2)9(6)19(17,18)13-4-11(3,16)5-13/h12,16H,4-5H2,1-3H3,(H,14,15). The molecule has 19 heavy (non-hydrogen) atoms. The molecule has 0 aromatic carbocycles. The van der Waals surface area contributed by atoms with E-state index in [2.05, 4.69) is 4.98 Å². The molecule has 2 heterocycles. The van der Waals surface area contributed by atoms with Crippen LogP contribution in [0.2, 0.25) is 0 Å². The van der Waals surface area contributed by atoms with E-state index in [0.29, 0.717) is 5.69 Å². The average Bonchev–Trinajstić information content (AvgIpc) is 2.51. The molecule has 0 spiro atoms. The zero-order chi connectivity index (χ0) is 14.6. The van der Waals surface area contributed by atoms with E-state index >= 15 is 0 Å². The number of carbonyl (C=O) groups is 1. The van der Waals surface area contributed by atoms with Crippen molar-refractivity contribution in [2.45, 2.75) is 31.3 Å². The summed E-state index contributed by atoms with van der Waals surface area (Å²) in [6.07, 6.45) is 0. The molecular formula is C11H16N2O5S. The number of hydrogen-bond donors (Lipinski definition) is 3. The first-order valence-corrected chi connectivity index (χ1v) is 7.15. The lowest BCUT2D eigenvalue weighted by atomic mass is 10.0. The Labute approximate surface area is 110 Å². The number of rotatable bonds is 3. The number of aliphatic hydroxyl groups is 1. The Morgan fingerprint density at radius 2 is 1.89 bits per heavy atom. The van der Waals surface area contributed by atoms with Gasteiger partial charge in [0.05, 0.1) is 5.60 Å². The van der Waals surface area contributed by atoms with Gasteiger partial charge in [0.25, 0.3) is 0 Å². The summed E-state index contributed by atoms with van der Waals surface area (Å²) >= 11 is 0.